The monoisotopic (exact) mass is 354 g/mol. The summed E-state index contributed by atoms with van der Waals surface area (Å²) in [5.41, 5.74) is 0.608. The maximum absolute atomic E-state index is 12.9. The Bertz CT molecular complexity index is 830. The molecule has 2 aromatic rings. The van der Waals surface area contributed by atoms with Crippen LogP contribution in [0.4, 0.5) is 0 Å². The molecule has 0 bridgehead atoms. The van der Waals surface area contributed by atoms with Crippen LogP contribution < -0.4 is 10.7 Å². The van der Waals surface area contributed by atoms with Gasteiger partial charge in [0.05, 0.1) is 12.1 Å². The largest absolute Gasteiger partial charge is 0.350 e. The van der Waals surface area contributed by atoms with Gasteiger partial charge in [-0.25, -0.2) is 0 Å². The second-order valence-corrected chi connectivity index (χ2v) is 6.55. The summed E-state index contributed by atoms with van der Waals surface area (Å²) in [5, 5.41) is 8.70. The first-order valence-corrected chi connectivity index (χ1v) is 8.69. The lowest BCUT2D eigenvalue weighted by molar-refractivity contribution is -0.132. The van der Waals surface area contributed by atoms with Gasteiger partial charge < -0.3 is 10.2 Å². The van der Waals surface area contributed by atoms with E-state index in [9.17, 15) is 14.4 Å². The molecule has 2 amide bonds. The molecule has 0 saturated heterocycles. The Morgan fingerprint density at radius 3 is 2.69 bits per heavy atom. The predicted octanol–water partition coefficient (Wildman–Crippen LogP) is 1.15. The van der Waals surface area contributed by atoms with Crippen molar-refractivity contribution in [3.63, 3.8) is 0 Å². The Kier molecular flexibility index (Phi) is 5.46. The lowest BCUT2D eigenvalue weighted by Crippen LogP contribution is -2.39. The molecule has 7 nitrogen and oxygen atoms in total. The maximum atomic E-state index is 12.9. The van der Waals surface area contributed by atoms with Crippen molar-refractivity contribution in [2.24, 2.45) is 5.92 Å². The van der Waals surface area contributed by atoms with E-state index in [-0.39, 0.29) is 23.9 Å². The van der Waals surface area contributed by atoms with Gasteiger partial charge in [-0.2, -0.15) is 5.10 Å². The van der Waals surface area contributed by atoms with E-state index in [1.54, 1.807) is 11.9 Å². The zero-order valence-corrected chi connectivity index (χ0v) is 14.6. The van der Waals surface area contributed by atoms with Gasteiger partial charge in [0, 0.05) is 26.3 Å². The first kappa shape index (κ1) is 17.8. The van der Waals surface area contributed by atoms with E-state index < -0.39 is 11.3 Å². The number of carbonyl (C=O) groups is 2. The average molecular weight is 354 g/mol. The van der Waals surface area contributed by atoms with Gasteiger partial charge >= 0.3 is 0 Å². The molecule has 3 rings (SSSR count). The van der Waals surface area contributed by atoms with Crippen molar-refractivity contribution < 1.29 is 9.59 Å². The molecule has 1 atom stereocenters. The van der Waals surface area contributed by atoms with E-state index >= 15 is 0 Å². The summed E-state index contributed by atoms with van der Waals surface area (Å²) in [6.45, 7) is 0.651. The molecule has 1 unspecified atom stereocenters. The Hall–Kier alpha value is -2.96. The highest BCUT2D eigenvalue weighted by atomic mass is 16.2. The van der Waals surface area contributed by atoms with Crippen LogP contribution in [-0.4, -0.2) is 47.0 Å². The molecule has 26 heavy (non-hydrogen) atoms. The number of nitrogens with one attached hydrogen (secondary N) is 2. The van der Waals surface area contributed by atoms with Gasteiger partial charge in [-0.1, -0.05) is 30.3 Å². The molecule has 1 heterocycles. The fourth-order valence-corrected chi connectivity index (χ4v) is 3.00. The normalized spacial score (nSPS) is 14.5. The summed E-state index contributed by atoms with van der Waals surface area (Å²) in [7, 11) is 1.74. The van der Waals surface area contributed by atoms with Crippen LogP contribution in [0.5, 0.6) is 0 Å². The van der Waals surface area contributed by atoms with Gasteiger partial charge in [0.25, 0.3) is 5.91 Å². The second-order valence-electron chi connectivity index (χ2n) is 6.55. The predicted molar refractivity (Wildman–Crippen MR) is 96.7 cm³/mol. The quantitative estimate of drug-likeness (QED) is 0.780. The minimum absolute atomic E-state index is 0.00845. The molecule has 0 radical (unpaired) electrons. The lowest BCUT2D eigenvalue weighted by atomic mass is 9.93. The van der Waals surface area contributed by atoms with E-state index in [1.807, 2.05) is 30.3 Å². The molecule has 1 fully saturated rings. The highest BCUT2D eigenvalue weighted by Gasteiger charge is 2.38. The van der Waals surface area contributed by atoms with Gasteiger partial charge in [-0.15, -0.1) is 0 Å². The molecule has 7 heteroatoms. The number of hydrogen-bond donors (Lipinski definition) is 2. The van der Waals surface area contributed by atoms with E-state index in [1.165, 1.54) is 6.20 Å². The van der Waals surface area contributed by atoms with Crippen molar-refractivity contribution in [1.82, 2.24) is 20.4 Å². The standard InChI is InChI=1S/C19H22N4O3/c1-23(10-9-20-18(25)15-11-21-22-12-16(15)24)19(26)17(14-7-8-14)13-5-3-2-4-6-13/h2-6,11-12,14,17H,7-10H2,1H3,(H,20,25)(H,21,24). The summed E-state index contributed by atoms with van der Waals surface area (Å²) < 4.78 is 0. The molecule has 1 aromatic heterocycles. The highest BCUT2D eigenvalue weighted by Crippen LogP contribution is 2.43. The summed E-state index contributed by atoms with van der Waals surface area (Å²) in [5.74, 6) is -0.136. The second kappa shape index (κ2) is 7.95. The van der Waals surface area contributed by atoms with Crippen LogP contribution in [-0.2, 0) is 4.79 Å². The minimum Gasteiger partial charge on any atom is -0.350 e. The SMILES string of the molecule is CN(CCNC(=O)c1c[nH]ncc1=O)C(=O)C(c1ccccc1)C1CC1. The van der Waals surface area contributed by atoms with Crippen LogP contribution in [0.2, 0.25) is 0 Å². The topological polar surface area (TPSA) is 95.2 Å². The number of nitrogens with zero attached hydrogens (tertiary/aromatic N) is 2. The number of H-pyrrole nitrogens is 1. The number of benzene rings is 1. The smallest absolute Gasteiger partial charge is 0.256 e. The van der Waals surface area contributed by atoms with Gasteiger partial charge in [0.2, 0.25) is 11.3 Å². The van der Waals surface area contributed by atoms with Crippen LogP contribution in [0.3, 0.4) is 0 Å². The minimum atomic E-state index is -0.476. The van der Waals surface area contributed by atoms with E-state index in [0.29, 0.717) is 12.5 Å². The molecule has 1 saturated carbocycles. The summed E-state index contributed by atoms with van der Waals surface area (Å²) in [4.78, 5) is 38.1. The van der Waals surface area contributed by atoms with Crippen molar-refractivity contribution in [2.75, 3.05) is 20.1 Å². The van der Waals surface area contributed by atoms with Gasteiger partial charge in [0.1, 0.15) is 5.56 Å². The number of hydrogen-bond acceptors (Lipinski definition) is 4. The summed E-state index contributed by atoms with van der Waals surface area (Å²) >= 11 is 0. The van der Waals surface area contributed by atoms with Crippen LogP contribution in [0.1, 0.15) is 34.7 Å². The van der Waals surface area contributed by atoms with E-state index in [4.69, 9.17) is 0 Å². The number of rotatable bonds is 7. The zero-order chi connectivity index (χ0) is 18.5. The van der Waals surface area contributed by atoms with Gasteiger partial charge in [0.15, 0.2) is 0 Å². The van der Waals surface area contributed by atoms with Crippen LogP contribution in [0.15, 0.2) is 47.5 Å². The first-order chi connectivity index (χ1) is 12.6. The molecule has 2 N–H and O–H groups in total. The highest BCUT2D eigenvalue weighted by molar-refractivity contribution is 5.93. The van der Waals surface area contributed by atoms with Crippen molar-refractivity contribution in [3.05, 3.63) is 64.1 Å². The molecule has 1 aliphatic rings. The van der Waals surface area contributed by atoms with Crippen LogP contribution >= 0.6 is 0 Å². The number of aromatic nitrogens is 2. The molecular formula is C19H22N4O3. The molecule has 136 valence electrons. The Morgan fingerprint density at radius 1 is 1.31 bits per heavy atom. The number of likely N-dealkylation sites (N-methyl/N-ethyl adjacent to an activating group) is 1. The molecule has 0 spiro atoms. The van der Waals surface area contributed by atoms with Crippen LogP contribution in [0, 0.1) is 5.92 Å². The van der Waals surface area contributed by atoms with Gasteiger partial charge in [-0.3, -0.25) is 19.5 Å². The Morgan fingerprint density at radius 2 is 2.04 bits per heavy atom. The molecule has 1 aliphatic carbocycles. The number of carbonyl (C=O) groups excluding carboxylic acids is 2. The third-order valence-corrected chi connectivity index (χ3v) is 4.60. The molecule has 0 aliphatic heterocycles. The van der Waals surface area contributed by atoms with E-state index in [2.05, 4.69) is 15.5 Å². The summed E-state index contributed by atoms with van der Waals surface area (Å²) in [6, 6.07) is 9.82. The number of aromatic amines is 1. The molecular weight excluding hydrogens is 332 g/mol. The average Bonchev–Trinajstić information content (AvgIpc) is 3.48. The van der Waals surface area contributed by atoms with E-state index in [0.717, 1.165) is 24.6 Å². The third-order valence-electron chi connectivity index (χ3n) is 4.60. The lowest BCUT2D eigenvalue weighted by Gasteiger charge is -2.24. The van der Waals surface area contributed by atoms with Gasteiger partial charge in [-0.05, 0) is 24.3 Å². The zero-order valence-electron chi connectivity index (χ0n) is 14.6. The third kappa shape index (κ3) is 4.17. The Balaban J connectivity index is 1.56. The molecule has 1 aromatic carbocycles. The van der Waals surface area contributed by atoms with Crippen molar-refractivity contribution in [2.45, 2.75) is 18.8 Å². The van der Waals surface area contributed by atoms with Crippen molar-refractivity contribution in [3.8, 4) is 0 Å². The fourth-order valence-electron chi connectivity index (χ4n) is 3.00. The van der Waals surface area contributed by atoms with Crippen LogP contribution in [0.25, 0.3) is 0 Å². The fraction of sp³-hybridized carbons (Fsp3) is 0.368. The summed E-state index contributed by atoms with van der Waals surface area (Å²) in [6.07, 6.45) is 4.47. The Labute approximate surface area is 151 Å². The first-order valence-electron chi connectivity index (χ1n) is 8.69. The maximum Gasteiger partial charge on any atom is 0.256 e. The number of amides is 2. The van der Waals surface area contributed by atoms with Crippen molar-refractivity contribution >= 4 is 11.8 Å². The van der Waals surface area contributed by atoms with Crippen molar-refractivity contribution in [1.29, 1.82) is 0 Å².